The van der Waals surface area contributed by atoms with Crippen LogP contribution in [0.5, 0.6) is 0 Å². The third-order valence-corrected chi connectivity index (χ3v) is 4.29. The van der Waals surface area contributed by atoms with Gasteiger partial charge in [-0.25, -0.2) is 4.98 Å². The summed E-state index contributed by atoms with van der Waals surface area (Å²) in [4.78, 5) is 6.96. The number of thioether (sulfide) groups is 1. The summed E-state index contributed by atoms with van der Waals surface area (Å²) in [5.74, 6) is 4.35. The number of pyridine rings is 1. The van der Waals surface area contributed by atoms with Crippen molar-refractivity contribution in [3.63, 3.8) is 0 Å². The van der Waals surface area contributed by atoms with E-state index in [2.05, 4.69) is 52.9 Å². The summed E-state index contributed by atoms with van der Waals surface area (Å²) < 4.78 is 0. The Morgan fingerprint density at radius 2 is 2.26 bits per heavy atom. The molecule has 4 heteroatoms. The largest absolute Gasteiger partial charge is 0.356 e. The molecule has 1 saturated heterocycles. The predicted molar refractivity (Wildman–Crippen MR) is 84.9 cm³/mol. The van der Waals surface area contributed by atoms with Crippen molar-refractivity contribution in [3.05, 3.63) is 23.9 Å². The molecule has 0 radical (unpaired) electrons. The van der Waals surface area contributed by atoms with Crippen LogP contribution >= 0.6 is 11.8 Å². The number of rotatable bonds is 5. The monoisotopic (exact) mass is 279 g/mol. The van der Waals surface area contributed by atoms with E-state index in [1.807, 2.05) is 6.20 Å². The second-order valence-corrected chi connectivity index (χ2v) is 6.72. The van der Waals surface area contributed by atoms with E-state index >= 15 is 0 Å². The molecule has 1 fully saturated rings. The Morgan fingerprint density at radius 3 is 3.11 bits per heavy atom. The highest BCUT2D eigenvalue weighted by atomic mass is 32.2. The van der Waals surface area contributed by atoms with Crippen molar-refractivity contribution in [2.24, 2.45) is 5.92 Å². The van der Waals surface area contributed by atoms with E-state index in [-0.39, 0.29) is 0 Å². The van der Waals surface area contributed by atoms with Gasteiger partial charge in [-0.05, 0) is 42.3 Å². The summed E-state index contributed by atoms with van der Waals surface area (Å²) >= 11 is 2.05. The number of anilines is 1. The van der Waals surface area contributed by atoms with Crippen LogP contribution in [0.15, 0.2) is 18.3 Å². The van der Waals surface area contributed by atoms with Gasteiger partial charge >= 0.3 is 0 Å². The van der Waals surface area contributed by atoms with Crippen LogP contribution in [-0.2, 0) is 6.54 Å². The van der Waals surface area contributed by atoms with E-state index in [1.165, 1.54) is 23.5 Å². The fraction of sp³-hybridized carbons (Fsp3) is 0.667. The van der Waals surface area contributed by atoms with Gasteiger partial charge in [0.1, 0.15) is 5.82 Å². The zero-order valence-corrected chi connectivity index (χ0v) is 12.9. The second kappa shape index (κ2) is 7.75. The minimum absolute atomic E-state index is 0.698. The number of aromatic nitrogens is 1. The van der Waals surface area contributed by atoms with Gasteiger partial charge in [-0.2, -0.15) is 11.8 Å². The first-order valence-corrected chi connectivity index (χ1v) is 8.39. The Labute approximate surface area is 121 Å². The van der Waals surface area contributed by atoms with Crippen LogP contribution in [0.4, 0.5) is 5.82 Å². The summed E-state index contributed by atoms with van der Waals surface area (Å²) in [6.07, 6.45) is 3.21. The third kappa shape index (κ3) is 5.03. The molecule has 1 aliphatic heterocycles. The first-order valence-electron chi connectivity index (χ1n) is 7.24. The van der Waals surface area contributed by atoms with Gasteiger partial charge in [-0.1, -0.05) is 13.8 Å². The molecule has 2 rings (SSSR count). The van der Waals surface area contributed by atoms with Crippen LogP contribution in [0.25, 0.3) is 0 Å². The van der Waals surface area contributed by atoms with Gasteiger partial charge in [0.15, 0.2) is 0 Å². The van der Waals surface area contributed by atoms with Gasteiger partial charge < -0.3 is 10.2 Å². The molecule has 19 heavy (non-hydrogen) atoms. The lowest BCUT2D eigenvalue weighted by Crippen LogP contribution is -2.26. The van der Waals surface area contributed by atoms with Crippen LogP contribution < -0.4 is 10.2 Å². The summed E-state index contributed by atoms with van der Waals surface area (Å²) in [6, 6.07) is 4.35. The molecular formula is C15H25N3S. The predicted octanol–water partition coefficient (Wildman–Crippen LogP) is 2.77. The van der Waals surface area contributed by atoms with Crippen molar-refractivity contribution in [1.29, 1.82) is 0 Å². The summed E-state index contributed by atoms with van der Waals surface area (Å²) in [5.41, 5.74) is 1.34. The number of hydrogen-bond donors (Lipinski definition) is 1. The third-order valence-electron chi connectivity index (χ3n) is 3.24. The van der Waals surface area contributed by atoms with E-state index in [9.17, 15) is 0 Å². The molecule has 0 atom stereocenters. The fourth-order valence-corrected chi connectivity index (χ4v) is 3.11. The van der Waals surface area contributed by atoms with Gasteiger partial charge in [0.2, 0.25) is 0 Å². The molecule has 0 amide bonds. The quantitative estimate of drug-likeness (QED) is 0.897. The summed E-state index contributed by atoms with van der Waals surface area (Å²) in [6.45, 7) is 8.75. The molecule has 1 aromatic heterocycles. The van der Waals surface area contributed by atoms with Crippen molar-refractivity contribution in [2.75, 3.05) is 36.0 Å². The molecule has 0 aliphatic carbocycles. The van der Waals surface area contributed by atoms with E-state index in [1.54, 1.807) is 0 Å². The van der Waals surface area contributed by atoms with Crippen molar-refractivity contribution < 1.29 is 0 Å². The van der Waals surface area contributed by atoms with Crippen LogP contribution in [0.2, 0.25) is 0 Å². The molecule has 0 bridgehead atoms. The lowest BCUT2D eigenvalue weighted by molar-refractivity contribution is 0.552. The average Bonchev–Trinajstić information content (AvgIpc) is 2.67. The lowest BCUT2D eigenvalue weighted by atomic mass is 10.2. The Morgan fingerprint density at radius 1 is 1.37 bits per heavy atom. The molecule has 0 unspecified atom stereocenters. The minimum atomic E-state index is 0.698. The van der Waals surface area contributed by atoms with Crippen molar-refractivity contribution in [3.8, 4) is 0 Å². The topological polar surface area (TPSA) is 28.2 Å². The molecular weight excluding hydrogens is 254 g/mol. The van der Waals surface area contributed by atoms with Crippen LogP contribution in [0.3, 0.4) is 0 Å². The standard InChI is InChI=1S/C15H25N3S/c1-13(2)11-16-12-14-4-5-17-15(10-14)18-6-3-8-19-9-7-18/h4-5,10,13,16H,3,6-9,11-12H2,1-2H3. The molecule has 2 heterocycles. The molecule has 3 nitrogen and oxygen atoms in total. The Kier molecular flexibility index (Phi) is 5.98. The zero-order chi connectivity index (χ0) is 13.5. The van der Waals surface area contributed by atoms with Gasteiger partial charge in [0, 0.05) is 31.6 Å². The SMILES string of the molecule is CC(C)CNCc1ccnc(N2CCCSCC2)c1. The van der Waals surface area contributed by atoms with Gasteiger partial charge in [0.25, 0.3) is 0 Å². The highest BCUT2D eigenvalue weighted by Crippen LogP contribution is 2.17. The van der Waals surface area contributed by atoms with E-state index in [0.717, 1.165) is 32.0 Å². The normalized spacial score (nSPS) is 16.7. The van der Waals surface area contributed by atoms with Crippen LogP contribution in [0, 0.1) is 5.92 Å². The molecule has 1 aliphatic rings. The van der Waals surface area contributed by atoms with Crippen LogP contribution in [-0.4, -0.2) is 36.1 Å². The number of hydrogen-bond acceptors (Lipinski definition) is 4. The van der Waals surface area contributed by atoms with Crippen molar-refractivity contribution in [1.82, 2.24) is 10.3 Å². The fourth-order valence-electron chi connectivity index (χ4n) is 2.22. The molecule has 106 valence electrons. The maximum absolute atomic E-state index is 4.54. The Bertz CT molecular complexity index is 373. The molecule has 0 aromatic carbocycles. The van der Waals surface area contributed by atoms with E-state index < -0.39 is 0 Å². The maximum Gasteiger partial charge on any atom is 0.128 e. The lowest BCUT2D eigenvalue weighted by Gasteiger charge is -2.21. The van der Waals surface area contributed by atoms with Crippen molar-refractivity contribution >= 4 is 17.6 Å². The highest BCUT2D eigenvalue weighted by Gasteiger charge is 2.11. The van der Waals surface area contributed by atoms with Gasteiger partial charge in [-0.15, -0.1) is 0 Å². The summed E-state index contributed by atoms with van der Waals surface area (Å²) in [7, 11) is 0. The molecule has 0 saturated carbocycles. The molecule has 1 aromatic rings. The highest BCUT2D eigenvalue weighted by molar-refractivity contribution is 7.99. The maximum atomic E-state index is 4.54. The summed E-state index contributed by atoms with van der Waals surface area (Å²) in [5, 5.41) is 3.49. The van der Waals surface area contributed by atoms with Crippen molar-refractivity contribution in [2.45, 2.75) is 26.8 Å². The molecule has 1 N–H and O–H groups in total. The van der Waals surface area contributed by atoms with Gasteiger partial charge in [0.05, 0.1) is 0 Å². The van der Waals surface area contributed by atoms with Gasteiger partial charge in [-0.3, -0.25) is 0 Å². The first-order chi connectivity index (χ1) is 9.25. The Hall–Kier alpha value is -0.740. The first kappa shape index (κ1) is 14.7. The Balaban J connectivity index is 1.93. The second-order valence-electron chi connectivity index (χ2n) is 5.50. The van der Waals surface area contributed by atoms with Crippen LogP contribution in [0.1, 0.15) is 25.8 Å². The average molecular weight is 279 g/mol. The number of nitrogens with zero attached hydrogens (tertiary/aromatic N) is 2. The zero-order valence-electron chi connectivity index (χ0n) is 12.1. The molecule has 0 spiro atoms. The minimum Gasteiger partial charge on any atom is -0.356 e. The van der Waals surface area contributed by atoms with E-state index in [4.69, 9.17) is 0 Å². The smallest absolute Gasteiger partial charge is 0.128 e. The number of nitrogens with one attached hydrogen (secondary N) is 1. The van der Waals surface area contributed by atoms with E-state index in [0.29, 0.717) is 5.92 Å².